The Labute approximate surface area is 132 Å². The third-order valence-electron chi connectivity index (χ3n) is 3.84. The van der Waals surface area contributed by atoms with Crippen molar-refractivity contribution in [3.63, 3.8) is 0 Å². The predicted molar refractivity (Wildman–Crippen MR) is 82.9 cm³/mol. The Balaban J connectivity index is 1.77. The monoisotopic (exact) mass is 339 g/mol. The molecular formula is C13H17N5O4S. The number of sulfone groups is 1. The number of ether oxygens (including phenoxy) is 1. The van der Waals surface area contributed by atoms with Gasteiger partial charge in [0.05, 0.1) is 24.3 Å². The summed E-state index contributed by atoms with van der Waals surface area (Å²) in [5.41, 5.74) is 6.71. The second-order valence-corrected chi connectivity index (χ2v) is 7.40. The predicted octanol–water partition coefficient (Wildman–Crippen LogP) is 0.00530. The van der Waals surface area contributed by atoms with E-state index in [-0.39, 0.29) is 18.0 Å². The zero-order chi connectivity index (χ0) is 16.6. The van der Waals surface area contributed by atoms with E-state index in [4.69, 9.17) is 10.5 Å². The fraction of sp³-hybridized carbons (Fsp3) is 0.462. The van der Waals surface area contributed by atoms with Crippen molar-refractivity contribution in [2.24, 2.45) is 0 Å². The lowest BCUT2D eigenvalue weighted by atomic mass is 10.1. The number of aliphatic hydroxyl groups is 1. The largest absolute Gasteiger partial charge is 0.390 e. The van der Waals surface area contributed by atoms with Crippen LogP contribution in [0.5, 0.6) is 0 Å². The van der Waals surface area contributed by atoms with Gasteiger partial charge in [0.15, 0.2) is 21.3 Å². The van der Waals surface area contributed by atoms with Crippen LogP contribution in [-0.2, 0) is 14.6 Å². The molecule has 0 radical (unpaired) electrons. The molecule has 0 bridgehead atoms. The van der Waals surface area contributed by atoms with E-state index >= 15 is 0 Å². The molecule has 1 aliphatic rings. The van der Waals surface area contributed by atoms with Gasteiger partial charge in [-0.15, -0.1) is 0 Å². The maximum Gasteiger partial charge on any atom is 0.171 e. The Morgan fingerprint density at radius 2 is 2.26 bits per heavy atom. The normalized spacial score (nSPS) is 25.0. The van der Waals surface area contributed by atoms with Crippen LogP contribution in [0.3, 0.4) is 0 Å². The number of fused-ring (bicyclic) bond motifs is 1. The van der Waals surface area contributed by atoms with Gasteiger partial charge in [0, 0.05) is 11.8 Å². The summed E-state index contributed by atoms with van der Waals surface area (Å²) in [5, 5.41) is 11.0. The summed E-state index contributed by atoms with van der Waals surface area (Å²) in [5.74, 6) is 0.144. The van der Waals surface area contributed by atoms with Crippen LogP contribution in [-0.4, -0.2) is 51.0 Å². The van der Waals surface area contributed by atoms with Crippen molar-refractivity contribution < 1.29 is 18.3 Å². The Hall–Kier alpha value is -2.04. The van der Waals surface area contributed by atoms with E-state index in [0.29, 0.717) is 17.6 Å². The van der Waals surface area contributed by atoms with E-state index in [1.807, 2.05) is 0 Å². The van der Waals surface area contributed by atoms with E-state index in [0.717, 1.165) is 5.41 Å². The number of aromatic nitrogens is 4. The van der Waals surface area contributed by atoms with Gasteiger partial charge >= 0.3 is 0 Å². The first-order valence-electron chi connectivity index (χ1n) is 7.03. The number of nitrogens with two attached hydrogens (primary N) is 1. The van der Waals surface area contributed by atoms with E-state index in [1.165, 1.54) is 12.7 Å². The SMILES string of the molecule is C=CS(=O)(=O)CC[C@H]1O[C@@H](n2cnc3c(N)ncnc32)C[C@@H]1O. The van der Waals surface area contributed by atoms with Crippen molar-refractivity contribution in [1.29, 1.82) is 0 Å². The summed E-state index contributed by atoms with van der Waals surface area (Å²) in [7, 11) is -3.33. The molecule has 3 N–H and O–H groups in total. The van der Waals surface area contributed by atoms with Gasteiger partial charge in [0.25, 0.3) is 0 Å². The average molecular weight is 339 g/mol. The van der Waals surface area contributed by atoms with Crippen LogP contribution in [0.15, 0.2) is 24.6 Å². The minimum Gasteiger partial charge on any atom is -0.390 e. The Morgan fingerprint density at radius 1 is 1.48 bits per heavy atom. The number of nitrogen functional groups attached to an aromatic ring is 1. The zero-order valence-electron chi connectivity index (χ0n) is 12.2. The van der Waals surface area contributed by atoms with Crippen molar-refractivity contribution in [1.82, 2.24) is 19.5 Å². The lowest BCUT2D eigenvalue weighted by Crippen LogP contribution is -2.23. The van der Waals surface area contributed by atoms with Gasteiger partial charge in [-0.05, 0) is 6.42 Å². The van der Waals surface area contributed by atoms with Crippen LogP contribution in [0.1, 0.15) is 19.1 Å². The maximum atomic E-state index is 11.5. The minimum absolute atomic E-state index is 0.120. The van der Waals surface area contributed by atoms with Crippen LogP contribution in [0.4, 0.5) is 5.82 Å². The van der Waals surface area contributed by atoms with Crippen LogP contribution in [0.2, 0.25) is 0 Å². The average Bonchev–Trinajstić information content (AvgIpc) is 3.10. The molecule has 0 aliphatic carbocycles. The maximum absolute atomic E-state index is 11.5. The summed E-state index contributed by atoms with van der Waals surface area (Å²) in [6, 6.07) is 0. The van der Waals surface area contributed by atoms with Gasteiger partial charge in [0.1, 0.15) is 18.1 Å². The molecule has 3 rings (SSSR count). The third kappa shape index (κ3) is 3.05. The van der Waals surface area contributed by atoms with Crippen LogP contribution in [0.25, 0.3) is 11.2 Å². The van der Waals surface area contributed by atoms with Crippen molar-refractivity contribution >= 4 is 26.8 Å². The number of hydrogen-bond donors (Lipinski definition) is 2. The summed E-state index contributed by atoms with van der Waals surface area (Å²) < 4.78 is 30.4. The lowest BCUT2D eigenvalue weighted by molar-refractivity contribution is -0.0178. The Morgan fingerprint density at radius 3 is 3.00 bits per heavy atom. The molecule has 0 saturated carbocycles. The fourth-order valence-corrected chi connectivity index (χ4v) is 3.32. The molecule has 1 saturated heterocycles. The topological polar surface area (TPSA) is 133 Å². The molecule has 0 spiro atoms. The molecule has 2 aromatic rings. The first-order valence-corrected chi connectivity index (χ1v) is 8.74. The fourth-order valence-electron chi connectivity index (χ4n) is 2.59. The van der Waals surface area contributed by atoms with Gasteiger partial charge in [-0.1, -0.05) is 6.58 Å². The van der Waals surface area contributed by atoms with Crippen molar-refractivity contribution in [2.75, 3.05) is 11.5 Å². The van der Waals surface area contributed by atoms with Crippen LogP contribution < -0.4 is 5.73 Å². The van der Waals surface area contributed by atoms with E-state index in [9.17, 15) is 13.5 Å². The van der Waals surface area contributed by atoms with E-state index < -0.39 is 28.3 Å². The molecule has 1 fully saturated rings. The molecule has 0 amide bonds. The molecule has 23 heavy (non-hydrogen) atoms. The molecule has 10 heteroatoms. The van der Waals surface area contributed by atoms with Crippen molar-refractivity contribution in [3.05, 3.63) is 24.6 Å². The van der Waals surface area contributed by atoms with Crippen molar-refractivity contribution in [2.45, 2.75) is 31.3 Å². The van der Waals surface area contributed by atoms with Gasteiger partial charge in [-0.2, -0.15) is 0 Å². The number of aliphatic hydroxyl groups excluding tert-OH is 1. The van der Waals surface area contributed by atoms with Gasteiger partial charge < -0.3 is 15.6 Å². The summed E-state index contributed by atoms with van der Waals surface area (Å²) >= 11 is 0. The smallest absolute Gasteiger partial charge is 0.171 e. The van der Waals surface area contributed by atoms with Gasteiger partial charge in [-0.25, -0.2) is 23.4 Å². The summed E-state index contributed by atoms with van der Waals surface area (Å²) in [6.07, 6.45) is 1.53. The van der Waals surface area contributed by atoms with Crippen molar-refractivity contribution in [3.8, 4) is 0 Å². The molecule has 124 valence electrons. The third-order valence-corrected chi connectivity index (χ3v) is 5.15. The Kier molecular flexibility index (Phi) is 4.04. The van der Waals surface area contributed by atoms with Crippen LogP contribution in [0, 0.1) is 0 Å². The standard InChI is InChI=1S/C13H17N5O4S/c1-2-23(20,21)4-3-9-8(19)5-10(22-9)18-7-17-11-12(14)15-6-16-13(11)18/h2,6-10,19H,1,3-5H2,(H2,14,15,16)/t8-,9+,10+/m0/s1. The van der Waals surface area contributed by atoms with E-state index in [1.54, 1.807) is 4.57 Å². The number of rotatable bonds is 5. The summed E-state index contributed by atoms with van der Waals surface area (Å²) in [6.45, 7) is 3.26. The minimum atomic E-state index is -3.33. The highest BCUT2D eigenvalue weighted by Gasteiger charge is 2.36. The van der Waals surface area contributed by atoms with Gasteiger partial charge in [-0.3, -0.25) is 4.57 Å². The first kappa shape index (κ1) is 15.8. The zero-order valence-corrected chi connectivity index (χ0v) is 13.1. The first-order chi connectivity index (χ1) is 10.9. The number of anilines is 1. The highest BCUT2D eigenvalue weighted by atomic mass is 32.2. The molecule has 9 nitrogen and oxygen atoms in total. The number of nitrogens with zero attached hydrogens (tertiary/aromatic N) is 4. The molecule has 3 heterocycles. The second kappa shape index (κ2) is 5.87. The van der Waals surface area contributed by atoms with Crippen LogP contribution >= 0.6 is 0 Å². The van der Waals surface area contributed by atoms with E-state index in [2.05, 4.69) is 21.5 Å². The van der Waals surface area contributed by atoms with Gasteiger partial charge in [0.2, 0.25) is 0 Å². The molecule has 2 aromatic heterocycles. The Bertz CT molecular complexity index is 834. The number of hydrogen-bond acceptors (Lipinski definition) is 8. The molecule has 3 atom stereocenters. The quantitative estimate of drug-likeness (QED) is 0.778. The molecule has 0 aromatic carbocycles. The highest BCUT2D eigenvalue weighted by Crippen LogP contribution is 2.32. The summed E-state index contributed by atoms with van der Waals surface area (Å²) in [4.78, 5) is 12.2. The molecule has 1 aliphatic heterocycles. The highest BCUT2D eigenvalue weighted by molar-refractivity contribution is 7.94. The molecular weight excluding hydrogens is 322 g/mol. The number of imidazole rings is 1. The molecule has 0 unspecified atom stereocenters. The second-order valence-electron chi connectivity index (χ2n) is 5.34. The lowest BCUT2D eigenvalue weighted by Gasteiger charge is -2.15.